The molecule has 0 aromatic rings. The van der Waals surface area contributed by atoms with E-state index in [4.69, 9.17) is 4.74 Å². The average molecular weight is 224 g/mol. The molecule has 1 heterocycles. The molecule has 2 atom stereocenters. The fourth-order valence-corrected chi connectivity index (χ4v) is 2.03. The summed E-state index contributed by atoms with van der Waals surface area (Å²) in [4.78, 5) is 22.1. The van der Waals surface area contributed by atoms with Crippen molar-refractivity contribution in [3.05, 3.63) is 11.6 Å². The normalized spacial score (nSPS) is 27.1. The fraction of sp³-hybridized carbons (Fsp3) is 0.692. The molecule has 3 heteroatoms. The van der Waals surface area contributed by atoms with Crippen molar-refractivity contribution < 1.29 is 14.3 Å². The highest BCUT2D eigenvalue weighted by Gasteiger charge is 2.36. The van der Waals surface area contributed by atoms with E-state index in [-0.39, 0.29) is 18.0 Å². The van der Waals surface area contributed by atoms with Crippen LogP contribution in [-0.2, 0) is 14.3 Å². The highest BCUT2D eigenvalue weighted by molar-refractivity contribution is 5.91. The third-order valence-electron chi connectivity index (χ3n) is 3.02. The third-order valence-corrected chi connectivity index (χ3v) is 3.02. The van der Waals surface area contributed by atoms with Crippen molar-refractivity contribution in [1.29, 1.82) is 0 Å². The molecule has 0 amide bonds. The van der Waals surface area contributed by atoms with Crippen molar-refractivity contribution in [3.63, 3.8) is 0 Å². The molecule has 0 aromatic carbocycles. The first-order valence-electron chi connectivity index (χ1n) is 6.05. The Balaban J connectivity index is 2.59. The second kappa shape index (κ2) is 6.46. The summed E-state index contributed by atoms with van der Waals surface area (Å²) in [5, 5.41) is 0. The first-order chi connectivity index (χ1) is 7.70. The predicted octanol–water partition coefficient (Wildman–Crippen LogP) is 2.64. The summed E-state index contributed by atoms with van der Waals surface area (Å²) < 4.78 is 5.13. The van der Waals surface area contributed by atoms with Gasteiger partial charge in [0.2, 0.25) is 0 Å². The number of rotatable bonds is 6. The first-order valence-corrected chi connectivity index (χ1v) is 6.05. The van der Waals surface area contributed by atoms with Crippen molar-refractivity contribution >= 4 is 12.3 Å². The number of hydrogen-bond acceptors (Lipinski definition) is 3. The standard InChI is InChI=1S/C13H20O3/c1-3-4-5-6-7-12-11(8-9-14)10(2)16-13(12)15/h7,9-11H,3-6,8H2,1-2H3/b12-7-/t10-,11-/m0/s1. The minimum absolute atomic E-state index is 0.0355. The Morgan fingerprint density at radius 1 is 1.38 bits per heavy atom. The molecule has 0 unspecified atom stereocenters. The van der Waals surface area contributed by atoms with Gasteiger partial charge in [-0.3, -0.25) is 0 Å². The zero-order chi connectivity index (χ0) is 12.0. The van der Waals surface area contributed by atoms with Crippen LogP contribution >= 0.6 is 0 Å². The van der Waals surface area contributed by atoms with Crippen LogP contribution in [0.25, 0.3) is 0 Å². The Morgan fingerprint density at radius 3 is 2.75 bits per heavy atom. The largest absolute Gasteiger partial charge is 0.459 e. The van der Waals surface area contributed by atoms with Gasteiger partial charge in [0.25, 0.3) is 0 Å². The van der Waals surface area contributed by atoms with Crippen molar-refractivity contribution in [2.45, 2.75) is 52.1 Å². The maximum Gasteiger partial charge on any atom is 0.334 e. The molecule has 0 saturated carbocycles. The topological polar surface area (TPSA) is 43.4 Å². The number of cyclic esters (lactones) is 1. The summed E-state index contributed by atoms with van der Waals surface area (Å²) in [5.41, 5.74) is 0.704. The fourth-order valence-electron chi connectivity index (χ4n) is 2.03. The van der Waals surface area contributed by atoms with E-state index in [1.54, 1.807) is 0 Å². The second-order valence-electron chi connectivity index (χ2n) is 4.27. The second-order valence-corrected chi connectivity index (χ2v) is 4.27. The Bertz CT molecular complexity index is 281. The van der Waals surface area contributed by atoms with Crippen molar-refractivity contribution in [2.24, 2.45) is 5.92 Å². The molecule has 3 nitrogen and oxygen atoms in total. The van der Waals surface area contributed by atoms with Gasteiger partial charge in [-0.2, -0.15) is 0 Å². The number of carbonyl (C=O) groups excluding carboxylic acids is 2. The molecule has 16 heavy (non-hydrogen) atoms. The summed E-state index contributed by atoms with van der Waals surface area (Å²) >= 11 is 0. The number of allylic oxidation sites excluding steroid dienone is 1. The maximum absolute atomic E-state index is 11.5. The average Bonchev–Trinajstić information content (AvgIpc) is 2.51. The summed E-state index contributed by atoms with van der Waals surface area (Å²) in [6.07, 6.45) is 7.38. The van der Waals surface area contributed by atoms with Gasteiger partial charge in [0.05, 0.1) is 0 Å². The third kappa shape index (κ3) is 3.19. The molecule has 0 aliphatic carbocycles. The summed E-state index contributed by atoms with van der Waals surface area (Å²) in [6.45, 7) is 3.99. The van der Waals surface area contributed by atoms with Crippen LogP contribution in [0, 0.1) is 5.92 Å². The summed E-state index contributed by atoms with van der Waals surface area (Å²) in [7, 11) is 0. The Hall–Kier alpha value is -1.12. The molecule has 0 aromatic heterocycles. The molecule has 1 aliphatic heterocycles. The van der Waals surface area contributed by atoms with Gasteiger partial charge in [-0.05, 0) is 19.8 Å². The van der Waals surface area contributed by atoms with Crippen LogP contribution in [-0.4, -0.2) is 18.4 Å². The van der Waals surface area contributed by atoms with Crippen LogP contribution in [0.5, 0.6) is 0 Å². The maximum atomic E-state index is 11.5. The van der Waals surface area contributed by atoms with Crippen LogP contribution < -0.4 is 0 Å². The molecular formula is C13H20O3. The number of ether oxygens (including phenoxy) is 1. The smallest absolute Gasteiger partial charge is 0.334 e. The highest BCUT2D eigenvalue weighted by atomic mass is 16.5. The van der Waals surface area contributed by atoms with E-state index in [0.29, 0.717) is 12.0 Å². The van der Waals surface area contributed by atoms with E-state index in [9.17, 15) is 9.59 Å². The molecule has 1 aliphatic rings. The lowest BCUT2D eigenvalue weighted by molar-refractivity contribution is -0.138. The van der Waals surface area contributed by atoms with Gasteiger partial charge in [0.1, 0.15) is 12.4 Å². The molecule has 1 rings (SSSR count). The van der Waals surface area contributed by atoms with E-state index in [1.165, 1.54) is 12.8 Å². The van der Waals surface area contributed by atoms with Crippen molar-refractivity contribution in [1.82, 2.24) is 0 Å². The monoisotopic (exact) mass is 224 g/mol. The molecule has 0 N–H and O–H groups in total. The zero-order valence-corrected chi connectivity index (χ0v) is 10.1. The SMILES string of the molecule is CCCCC/C=C1\C(=O)O[C@@H](C)[C@@H]1CC=O. The van der Waals surface area contributed by atoms with Crippen molar-refractivity contribution in [2.75, 3.05) is 0 Å². The molecule has 0 spiro atoms. The molecule has 0 bridgehead atoms. The number of carbonyl (C=O) groups is 2. The highest BCUT2D eigenvalue weighted by Crippen LogP contribution is 2.30. The van der Waals surface area contributed by atoms with E-state index in [0.717, 1.165) is 19.1 Å². The van der Waals surface area contributed by atoms with Crippen LogP contribution in [0.2, 0.25) is 0 Å². The van der Waals surface area contributed by atoms with Gasteiger partial charge in [0, 0.05) is 17.9 Å². The van der Waals surface area contributed by atoms with Gasteiger partial charge < -0.3 is 9.53 Å². The van der Waals surface area contributed by atoms with Gasteiger partial charge in [0.15, 0.2) is 0 Å². The quantitative estimate of drug-likeness (QED) is 0.301. The number of esters is 1. The van der Waals surface area contributed by atoms with Crippen molar-refractivity contribution in [3.8, 4) is 0 Å². The van der Waals surface area contributed by atoms with Gasteiger partial charge >= 0.3 is 5.97 Å². The van der Waals surface area contributed by atoms with Gasteiger partial charge in [-0.25, -0.2) is 4.79 Å². The van der Waals surface area contributed by atoms with Crippen LogP contribution in [0.4, 0.5) is 0 Å². The lowest BCUT2D eigenvalue weighted by Gasteiger charge is -2.09. The van der Waals surface area contributed by atoms with Crippen LogP contribution in [0.15, 0.2) is 11.6 Å². The number of hydrogen-bond donors (Lipinski definition) is 0. The van der Waals surface area contributed by atoms with E-state index in [1.807, 2.05) is 13.0 Å². The molecule has 1 saturated heterocycles. The number of unbranched alkanes of at least 4 members (excludes halogenated alkanes) is 3. The van der Waals surface area contributed by atoms with Gasteiger partial charge in [-0.15, -0.1) is 0 Å². The predicted molar refractivity (Wildman–Crippen MR) is 62.0 cm³/mol. The molecule has 1 fully saturated rings. The van der Waals surface area contributed by atoms with Gasteiger partial charge in [-0.1, -0.05) is 25.8 Å². The Morgan fingerprint density at radius 2 is 2.12 bits per heavy atom. The lowest BCUT2D eigenvalue weighted by atomic mass is 9.93. The Kier molecular flexibility index (Phi) is 5.23. The lowest BCUT2D eigenvalue weighted by Crippen LogP contribution is -2.12. The van der Waals surface area contributed by atoms with E-state index < -0.39 is 0 Å². The number of aldehydes is 1. The summed E-state index contributed by atoms with van der Waals surface area (Å²) in [6, 6.07) is 0. The zero-order valence-electron chi connectivity index (χ0n) is 10.1. The van der Waals surface area contributed by atoms with Crippen LogP contribution in [0.3, 0.4) is 0 Å². The Labute approximate surface area is 96.9 Å². The minimum Gasteiger partial charge on any atom is -0.459 e. The molecule has 0 radical (unpaired) electrons. The first kappa shape index (κ1) is 12.9. The molecule has 90 valence electrons. The summed E-state index contributed by atoms with van der Waals surface area (Å²) in [5.74, 6) is -0.275. The molecular weight excluding hydrogens is 204 g/mol. The van der Waals surface area contributed by atoms with Crippen LogP contribution in [0.1, 0.15) is 46.0 Å². The minimum atomic E-state index is -0.240. The van der Waals surface area contributed by atoms with E-state index in [2.05, 4.69) is 6.92 Å². The van der Waals surface area contributed by atoms with E-state index >= 15 is 0 Å².